The van der Waals surface area contributed by atoms with E-state index in [1.165, 1.54) is 0 Å². The minimum Gasteiger partial charge on any atom is -0.375 e. The maximum Gasteiger partial charge on any atom is 0.127 e. The topological polar surface area (TPSA) is 24.5 Å². The molecular formula is C17H25FN2O. The van der Waals surface area contributed by atoms with Gasteiger partial charge in [-0.25, -0.2) is 4.39 Å². The molecule has 116 valence electrons. The van der Waals surface area contributed by atoms with Crippen LogP contribution < -0.4 is 5.32 Å². The van der Waals surface area contributed by atoms with E-state index in [-0.39, 0.29) is 11.4 Å². The second-order valence-corrected chi connectivity index (χ2v) is 6.43. The van der Waals surface area contributed by atoms with Crippen molar-refractivity contribution in [3.05, 3.63) is 35.6 Å². The standard InChI is InChI=1S/C17H25FN2O/c1-20(13-14-4-2-3-5-16(14)18)15-6-11-21-17(12-15)7-9-19-10-8-17/h2-5,15,19H,6-13H2,1H3. The molecule has 1 atom stereocenters. The lowest BCUT2D eigenvalue weighted by molar-refractivity contribution is -0.119. The highest BCUT2D eigenvalue weighted by molar-refractivity contribution is 5.17. The van der Waals surface area contributed by atoms with E-state index in [1.54, 1.807) is 12.1 Å². The van der Waals surface area contributed by atoms with Crippen molar-refractivity contribution in [3.8, 4) is 0 Å². The molecule has 1 aromatic rings. The van der Waals surface area contributed by atoms with Gasteiger partial charge in [0.15, 0.2) is 0 Å². The Morgan fingerprint density at radius 1 is 1.33 bits per heavy atom. The molecule has 1 spiro atoms. The largest absolute Gasteiger partial charge is 0.375 e. The van der Waals surface area contributed by atoms with Gasteiger partial charge in [-0.15, -0.1) is 0 Å². The van der Waals surface area contributed by atoms with Gasteiger partial charge in [0.05, 0.1) is 5.60 Å². The normalized spacial score (nSPS) is 25.4. The first-order valence-electron chi connectivity index (χ1n) is 7.97. The number of benzene rings is 1. The Morgan fingerprint density at radius 3 is 2.86 bits per heavy atom. The number of nitrogens with zero attached hydrogens (tertiary/aromatic N) is 1. The monoisotopic (exact) mass is 292 g/mol. The zero-order valence-corrected chi connectivity index (χ0v) is 12.8. The fourth-order valence-corrected chi connectivity index (χ4v) is 3.63. The van der Waals surface area contributed by atoms with Gasteiger partial charge in [0.2, 0.25) is 0 Å². The highest BCUT2D eigenvalue weighted by Crippen LogP contribution is 2.35. The maximum atomic E-state index is 13.8. The summed E-state index contributed by atoms with van der Waals surface area (Å²) < 4.78 is 19.9. The van der Waals surface area contributed by atoms with Crippen LogP contribution in [-0.4, -0.2) is 43.3 Å². The lowest BCUT2D eigenvalue weighted by atomic mass is 9.82. The molecule has 2 saturated heterocycles. The maximum absolute atomic E-state index is 13.8. The average Bonchev–Trinajstić information content (AvgIpc) is 2.50. The van der Waals surface area contributed by atoms with E-state index < -0.39 is 0 Å². The summed E-state index contributed by atoms with van der Waals surface area (Å²) in [6, 6.07) is 7.56. The van der Waals surface area contributed by atoms with Crippen LogP contribution in [0.5, 0.6) is 0 Å². The van der Waals surface area contributed by atoms with Crippen LogP contribution in [0.4, 0.5) is 4.39 Å². The Balaban J connectivity index is 1.64. The Labute approximate surface area is 126 Å². The highest BCUT2D eigenvalue weighted by atomic mass is 19.1. The van der Waals surface area contributed by atoms with Gasteiger partial charge in [0.1, 0.15) is 5.82 Å². The fraction of sp³-hybridized carbons (Fsp3) is 0.647. The minimum absolute atomic E-state index is 0.0532. The molecule has 2 fully saturated rings. The summed E-state index contributed by atoms with van der Waals surface area (Å²) in [5.41, 5.74) is 0.836. The molecule has 2 aliphatic rings. The Morgan fingerprint density at radius 2 is 2.10 bits per heavy atom. The van der Waals surface area contributed by atoms with Gasteiger partial charge in [-0.3, -0.25) is 4.90 Å². The first-order chi connectivity index (χ1) is 10.2. The zero-order valence-electron chi connectivity index (χ0n) is 12.8. The van der Waals surface area contributed by atoms with Crippen LogP contribution >= 0.6 is 0 Å². The molecule has 3 nitrogen and oxygen atoms in total. The summed E-state index contributed by atoms with van der Waals surface area (Å²) in [5.74, 6) is -0.104. The van der Waals surface area contributed by atoms with Gasteiger partial charge < -0.3 is 10.1 Å². The van der Waals surface area contributed by atoms with Crippen molar-refractivity contribution in [2.75, 3.05) is 26.7 Å². The van der Waals surface area contributed by atoms with Crippen molar-refractivity contribution in [1.29, 1.82) is 0 Å². The summed E-state index contributed by atoms with van der Waals surface area (Å²) in [6.07, 6.45) is 4.30. The van der Waals surface area contributed by atoms with Gasteiger partial charge in [-0.05, 0) is 51.9 Å². The van der Waals surface area contributed by atoms with Crippen molar-refractivity contribution in [2.24, 2.45) is 0 Å². The second-order valence-electron chi connectivity index (χ2n) is 6.43. The van der Waals surface area contributed by atoms with E-state index in [4.69, 9.17) is 4.74 Å². The van der Waals surface area contributed by atoms with E-state index in [9.17, 15) is 4.39 Å². The zero-order chi connectivity index (χ0) is 14.7. The Hall–Kier alpha value is -0.970. The third kappa shape index (κ3) is 3.44. The molecule has 1 aromatic carbocycles. The predicted octanol–water partition coefficient (Wildman–Crippen LogP) is 2.56. The summed E-state index contributed by atoms with van der Waals surface area (Å²) in [7, 11) is 2.11. The molecule has 2 heterocycles. The van der Waals surface area contributed by atoms with Crippen LogP contribution in [0.15, 0.2) is 24.3 Å². The van der Waals surface area contributed by atoms with Crippen molar-refractivity contribution in [1.82, 2.24) is 10.2 Å². The first kappa shape index (κ1) is 14.9. The molecule has 0 aromatic heterocycles. The van der Waals surface area contributed by atoms with E-state index in [0.29, 0.717) is 12.6 Å². The quantitative estimate of drug-likeness (QED) is 0.926. The first-order valence-corrected chi connectivity index (χ1v) is 7.97. The molecule has 21 heavy (non-hydrogen) atoms. The molecule has 4 heteroatoms. The minimum atomic E-state index is -0.104. The third-order valence-electron chi connectivity index (χ3n) is 4.98. The van der Waals surface area contributed by atoms with E-state index >= 15 is 0 Å². The molecule has 2 aliphatic heterocycles. The number of nitrogens with one attached hydrogen (secondary N) is 1. The molecule has 0 saturated carbocycles. The smallest absolute Gasteiger partial charge is 0.127 e. The molecule has 3 rings (SSSR count). The van der Waals surface area contributed by atoms with Crippen LogP contribution in [0.2, 0.25) is 0 Å². The SMILES string of the molecule is CN(Cc1ccccc1F)C1CCOC2(CCNCC2)C1. The Kier molecular flexibility index (Phi) is 4.57. The van der Waals surface area contributed by atoms with Gasteiger partial charge in [0, 0.05) is 24.8 Å². The molecule has 0 radical (unpaired) electrons. The number of piperidine rings is 1. The molecule has 1 unspecified atom stereocenters. The highest BCUT2D eigenvalue weighted by Gasteiger charge is 2.39. The van der Waals surface area contributed by atoms with Gasteiger partial charge >= 0.3 is 0 Å². The third-order valence-corrected chi connectivity index (χ3v) is 4.98. The van der Waals surface area contributed by atoms with Crippen LogP contribution in [0.3, 0.4) is 0 Å². The number of rotatable bonds is 3. The number of halogens is 1. The van der Waals surface area contributed by atoms with E-state index in [0.717, 1.165) is 50.9 Å². The fourth-order valence-electron chi connectivity index (χ4n) is 3.63. The second kappa shape index (κ2) is 6.42. The summed E-state index contributed by atoms with van der Waals surface area (Å²) >= 11 is 0. The molecule has 0 aliphatic carbocycles. The van der Waals surface area contributed by atoms with Crippen molar-refractivity contribution >= 4 is 0 Å². The molecule has 0 bridgehead atoms. The van der Waals surface area contributed by atoms with Crippen molar-refractivity contribution in [3.63, 3.8) is 0 Å². The summed E-state index contributed by atoms with van der Waals surface area (Å²) in [6.45, 7) is 3.59. The number of ether oxygens (including phenoxy) is 1. The van der Waals surface area contributed by atoms with Crippen LogP contribution in [0.1, 0.15) is 31.2 Å². The Bertz CT molecular complexity index is 468. The number of hydrogen-bond donors (Lipinski definition) is 1. The predicted molar refractivity (Wildman–Crippen MR) is 81.7 cm³/mol. The van der Waals surface area contributed by atoms with Crippen molar-refractivity contribution < 1.29 is 9.13 Å². The summed E-state index contributed by atoms with van der Waals surface area (Å²) in [4.78, 5) is 2.30. The van der Waals surface area contributed by atoms with Crippen LogP contribution in [0, 0.1) is 5.82 Å². The number of hydrogen-bond acceptors (Lipinski definition) is 3. The van der Waals surface area contributed by atoms with Crippen molar-refractivity contribution in [2.45, 2.75) is 43.9 Å². The van der Waals surface area contributed by atoms with E-state index in [2.05, 4.69) is 17.3 Å². The lowest BCUT2D eigenvalue weighted by Gasteiger charge is -2.46. The molecular weight excluding hydrogens is 267 g/mol. The molecule has 1 N–H and O–H groups in total. The van der Waals surface area contributed by atoms with E-state index in [1.807, 2.05) is 12.1 Å². The van der Waals surface area contributed by atoms with Crippen LogP contribution in [-0.2, 0) is 11.3 Å². The lowest BCUT2D eigenvalue weighted by Crippen LogP contribution is -2.52. The average molecular weight is 292 g/mol. The van der Waals surface area contributed by atoms with Crippen LogP contribution in [0.25, 0.3) is 0 Å². The van der Waals surface area contributed by atoms with Gasteiger partial charge in [-0.2, -0.15) is 0 Å². The van der Waals surface area contributed by atoms with Gasteiger partial charge in [0.25, 0.3) is 0 Å². The summed E-state index contributed by atoms with van der Waals surface area (Å²) in [5, 5.41) is 3.40. The van der Waals surface area contributed by atoms with Gasteiger partial charge in [-0.1, -0.05) is 18.2 Å². The molecule has 0 amide bonds.